The third kappa shape index (κ3) is 5.70. The van der Waals surface area contributed by atoms with E-state index >= 15 is 0 Å². The Morgan fingerprint density at radius 2 is 2.11 bits per heavy atom. The predicted octanol–water partition coefficient (Wildman–Crippen LogP) is 3.14. The van der Waals surface area contributed by atoms with E-state index in [2.05, 4.69) is 34.5 Å². The summed E-state index contributed by atoms with van der Waals surface area (Å²) >= 11 is 0. The number of hydrogen-bond donors (Lipinski definition) is 3. The van der Waals surface area contributed by atoms with Gasteiger partial charge in [0.2, 0.25) is 0 Å². The van der Waals surface area contributed by atoms with Crippen molar-refractivity contribution in [3.63, 3.8) is 0 Å². The van der Waals surface area contributed by atoms with Crippen LogP contribution in [0.5, 0.6) is 0 Å². The predicted molar refractivity (Wildman–Crippen MR) is 111 cm³/mol. The number of benzene rings is 1. The first kappa shape index (κ1) is 19.7. The molecule has 148 valence electrons. The van der Waals surface area contributed by atoms with Crippen LogP contribution in [-0.4, -0.2) is 55.6 Å². The van der Waals surface area contributed by atoms with Crippen molar-refractivity contribution >= 4 is 16.9 Å². The van der Waals surface area contributed by atoms with Gasteiger partial charge in [0.1, 0.15) is 5.82 Å². The molecule has 0 unspecified atom stereocenters. The number of nitrogens with one attached hydrogen (secondary N) is 3. The lowest BCUT2D eigenvalue weighted by Crippen LogP contribution is -2.38. The van der Waals surface area contributed by atoms with E-state index in [0.717, 1.165) is 60.8 Å². The molecule has 1 aromatic carbocycles. The summed E-state index contributed by atoms with van der Waals surface area (Å²) in [5, 5.41) is 7.68. The number of rotatable bonds is 7. The van der Waals surface area contributed by atoms with Gasteiger partial charge >= 0.3 is 0 Å². The normalized spacial score (nSPS) is 16.8. The highest BCUT2D eigenvalue weighted by Crippen LogP contribution is 2.20. The van der Waals surface area contributed by atoms with E-state index in [1.165, 1.54) is 32.0 Å². The Labute approximate surface area is 161 Å². The standard InChI is InChI=1S/C21H32FN5/c1-3-23-21(24-10-6-16-8-12-27(2)13-9-16)25-11-7-17-15-26-20-5-4-18(22)14-19(17)20/h4-5,14-16,26H,3,6-13H2,1-2H3,(H2,23,24,25). The molecule has 0 radical (unpaired) electrons. The molecule has 6 heteroatoms. The molecule has 0 aliphatic carbocycles. The Kier molecular flexibility index (Phi) is 7.10. The van der Waals surface area contributed by atoms with E-state index < -0.39 is 0 Å². The van der Waals surface area contributed by atoms with Crippen LogP contribution in [0.2, 0.25) is 0 Å². The van der Waals surface area contributed by atoms with E-state index in [-0.39, 0.29) is 5.82 Å². The third-order valence-electron chi connectivity index (χ3n) is 5.41. The lowest BCUT2D eigenvalue weighted by Gasteiger charge is -2.28. The van der Waals surface area contributed by atoms with Crippen molar-refractivity contribution in [2.45, 2.75) is 32.6 Å². The van der Waals surface area contributed by atoms with E-state index in [0.29, 0.717) is 0 Å². The van der Waals surface area contributed by atoms with Gasteiger partial charge in [-0.1, -0.05) is 0 Å². The topological polar surface area (TPSA) is 55.5 Å². The summed E-state index contributed by atoms with van der Waals surface area (Å²) in [6, 6.07) is 4.87. The number of hydrogen-bond acceptors (Lipinski definition) is 2. The number of H-pyrrole nitrogens is 1. The van der Waals surface area contributed by atoms with Gasteiger partial charge in [-0.25, -0.2) is 4.39 Å². The molecule has 1 aliphatic rings. The van der Waals surface area contributed by atoms with Gasteiger partial charge in [-0.05, 0) is 82.4 Å². The zero-order valence-corrected chi connectivity index (χ0v) is 16.5. The smallest absolute Gasteiger partial charge is 0.191 e. The molecule has 1 aromatic heterocycles. The number of piperidine rings is 1. The minimum Gasteiger partial charge on any atom is -0.361 e. The van der Waals surface area contributed by atoms with Gasteiger partial charge in [0.15, 0.2) is 5.96 Å². The largest absolute Gasteiger partial charge is 0.361 e. The summed E-state index contributed by atoms with van der Waals surface area (Å²) in [4.78, 5) is 10.3. The first-order valence-electron chi connectivity index (χ1n) is 10.1. The second-order valence-corrected chi connectivity index (χ2v) is 7.48. The van der Waals surface area contributed by atoms with Crippen LogP contribution in [0.3, 0.4) is 0 Å². The molecule has 0 spiro atoms. The molecule has 0 bridgehead atoms. The van der Waals surface area contributed by atoms with Gasteiger partial charge in [-0.15, -0.1) is 0 Å². The molecule has 27 heavy (non-hydrogen) atoms. The molecule has 2 heterocycles. The molecular weight excluding hydrogens is 341 g/mol. The fourth-order valence-electron chi connectivity index (χ4n) is 3.72. The quantitative estimate of drug-likeness (QED) is 0.516. The summed E-state index contributed by atoms with van der Waals surface area (Å²) in [6.45, 7) is 6.97. The van der Waals surface area contributed by atoms with Crippen LogP contribution >= 0.6 is 0 Å². The van der Waals surface area contributed by atoms with E-state index in [1.54, 1.807) is 12.1 Å². The Bertz CT molecular complexity index is 746. The number of fused-ring (bicyclic) bond motifs is 1. The first-order chi connectivity index (χ1) is 13.2. The van der Waals surface area contributed by atoms with E-state index in [9.17, 15) is 4.39 Å². The number of aromatic nitrogens is 1. The van der Waals surface area contributed by atoms with Gasteiger partial charge in [-0.2, -0.15) is 0 Å². The number of nitrogens with zero attached hydrogens (tertiary/aromatic N) is 2. The molecule has 1 aliphatic heterocycles. The van der Waals surface area contributed by atoms with Gasteiger partial charge in [0.05, 0.1) is 0 Å². The Morgan fingerprint density at radius 1 is 1.30 bits per heavy atom. The molecule has 3 rings (SSSR count). The summed E-state index contributed by atoms with van der Waals surface area (Å²) in [7, 11) is 2.20. The maximum atomic E-state index is 13.5. The van der Waals surface area contributed by atoms with Crippen LogP contribution in [0, 0.1) is 11.7 Å². The summed E-state index contributed by atoms with van der Waals surface area (Å²) in [5.74, 6) is 1.48. The first-order valence-corrected chi connectivity index (χ1v) is 10.1. The molecule has 1 fully saturated rings. The molecule has 5 nitrogen and oxygen atoms in total. The Hall–Kier alpha value is -2.08. The molecular formula is C21H32FN5. The van der Waals surface area contributed by atoms with Crippen molar-refractivity contribution in [3.05, 3.63) is 35.8 Å². The van der Waals surface area contributed by atoms with Gasteiger partial charge in [-0.3, -0.25) is 4.99 Å². The third-order valence-corrected chi connectivity index (χ3v) is 5.41. The van der Waals surface area contributed by atoms with Crippen LogP contribution in [0.25, 0.3) is 10.9 Å². The summed E-state index contributed by atoms with van der Waals surface area (Å²) in [6.07, 6.45) is 6.52. The molecule has 3 N–H and O–H groups in total. The zero-order valence-electron chi connectivity index (χ0n) is 16.5. The van der Waals surface area contributed by atoms with E-state index in [4.69, 9.17) is 4.99 Å². The number of aromatic amines is 1. The lowest BCUT2D eigenvalue weighted by molar-refractivity contribution is 0.214. The van der Waals surface area contributed by atoms with Crippen molar-refractivity contribution in [3.8, 4) is 0 Å². The zero-order chi connectivity index (χ0) is 19.1. The minimum atomic E-state index is -0.194. The van der Waals surface area contributed by atoms with Gasteiger partial charge in [0, 0.05) is 36.7 Å². The Balaban J connectivity index is 1.48. The summed E-state index contributed by atoms with van der Waals surface area (Å²) < 4.78 is 13.5. The number of halogens is 1. The van der Waals surface area contributed by atoms with Gasteiger partial charge in [0.25, 0.3) is 0 Å². The maximum Gasteiger partial charge on any atom is 0.191 e. The van der Waals surface area contributed by atoms with E-state index in [1.807, 2.05) is 6.20 Å². The van der Waals surface area contributed by atoms with Crippen LogP contribution in [0.15, 0.2) is 29.4 Å². The summed E-state index contributed by atoms with van der Waals surface area (Å²) in [5.41, 5.74) is 2.10. The highest BCUT2D eigenvalue weighted by molar-refractivity contribution is 5.83. The van der Waals surface area contributed by atoms with Crippen molar-refractivity contribution < 1.29 is 4.39 Å². The van der Waals surface area contributed by atoms with Crippen LogP contribution in [-0.2, 0) is 6.42 Å². The molecule has 0 amide bonds. The molecule has 0 atom stereocenters. The van der Waals surface area contributed by atoms with Crippen molar-refractivity contribution in [2.24, 2.45) is 10.9 Å². The fraction of sp³-hybridized carbons (Fsp3) is 0.571. The van der Waals surface area contributed by atoms with Crippen molar-refractivity contribution in [2.75, 3.05) is 39.8 Å². The fourth-order valence-corrected chi connectivity index (χ4v) is 3.72. The van der Waals surface area contributed by atoms with Crippen molar-refractivity contribution in [1.29, 1.82) is 0 Å². The number of aliphatic imine (C=N–C) groups is 1. The highest BCUT2D eigenvalue weighted by Gasteiger charge is 2.15. The van der Waals surface area contributed by atoms with Crippen LogP contribution in [0.1, 0.15) is 31.7 Å². The average Bonchev–Trinajstić information content (AvgIpc) is 3.05. The average molecular weight is 374 g/mol. The minimum absolute atomic E-state index is 0.194. The maximum absolute atomic E-state index is 13.5. The van der Waals surface area contributed by atoms with Gasteiger partial charge < -0.3 is 20.5 Å². The Morgan fingerprint density at radius 3 is 2.89 bits per heavy atom. The number of guanidine groups is 1. The van der Waals surface area contributed by atoms with Crippen LogP contribution in [0.4, 0.5) is 4.39 Å². The van der Waals surface area contributed by atoms with Crippen LogP contribution < -0.4 is 10.6 Å². The number of likely N-dealkylation sites (tertiary alicyclic amines) is 1. The highest BCUT2D eigenvalue weighted by atomic mass is 19.1. The molecule has 0 saturated carbocycles. The lowest BCUT2D eigenvalue weighted by atomic mass is 9.94. The molecule has 1 saturated heterocycles. The monoisotopic (exact) mass is 373 g/mol. The molecule has 2 aromatic rings. The van der Waals surface area contributed by atoms with Crippen molar-refractivity contribution in [1.82, 2.24) is 20.5 Å². The second-order valence-electron chi connectivity index (χ2n) is 7.48. The second kappa shape index (κ2) is 9.74. The SMILES string of the molecule is CCNC(=NCCC1CCN(C)CC1)NCCc1c[nH]c2ccc(F)cc12.